The molecule has 1 fully saturated rings. The molecule has 11 nitrogen and oxygen atoms in total. The Morgan fingerprint density at radius 1 is 0.841 bits per heavy atom. The SMILES string of the molecule is CC[C@H]1CN(S(=O)(=O)c2ccc(C)c(C)c2)CC(=O)N[C@H](C)C(=O)N[C@@H](CC(C)C)C(=O)N[C@@H](Cc2ccccc2)C(=O)N1. The molecule has 0 unspecified atom stereocenters. The van der Waals surface area contributed by atoms with Crippen molar-refractivity contribution in [1.29, 1.82) is 0 Å². The second-order valence-corrected chi connectivity index (χ2v) is 13.8. The van der Waals surface area contributed by atoms with Crippen molar-refractivity contribution < 1.29 is 27.6 Å². The average molecular weight is 628 g/mol. The lowest BCUT2D eigenvalue weighted by Gasteiger charge is -2.29. The van der Waals surface area contributed by atoms with Gasteiger partial charge >= 0.3 is 0 Å². The number of hydrogen-bond acceptors (Lipinski definition) is 6. The molecule has 1 aliphatic heterocycles. The number of carbonyl (C=O) groups excluding carboxylic acids is 4. The normalized spacial score (nSPS) is 23.2. The van der Waals surface area contributed by atoms with E-state index < -0.39 is 64.4 Å². The summed E-state index contributed by atoms with van der Waals surface area (Å²) >= 11 is 0. The number of nitrogens with one attached hydrogen (secondary N) is 4. The lowest BCUT2D eigenvalue weighted by Crippen LogP contribution is -2.57. The first-order valence-electron chi connectivity index (χ1n) is 15.0. The average Bonchev–Trinajstić information content (AvgIpc) is 2.96. The zero-order chi connectivity index (χ0) is 32.6. The number of benzene rings is 2. The van der Waals surface area contributed by atoms with Gasteiger partial charge < -0.3 is 21.3 Å². The zero-order valence-corrected chi connectivity index (χ0v) is 27.2. The van der Waals surface area contributed by atoms with Crippen LogP contribution in [0.3, 0.4) is 0 Å². The predicted molar refractivity (Wildman–Crippen MR) is 168 cm³/mol. The number of rotatable bonds is 7. The zero-order valence-electron chi connectivity index (χ0n) is 26.3. The largest absolute Gasteiger partial charge is 0.350 e. The quantitative estimate of drug-likeness (QED) is 0.368. The molecular formula is C32H45N5O6S. The summed E-state index contributed by atoms with van der Waals surface area (Å²) in [6.45, 7) is 9.98. The highest BCUT2D eigenvalue weighted by atomic mass is 32.2. The molecule has 3 rings (SSSR count). The van der Waals surface area contributed by atoms with Crippen LogP contribution in [0, 0.1) is 19.8 Å². The van der Waals surface area contributed by atoms with E-state index in [0.717, 1.165) is 21.0 Å². The third-order valence-electron chi connectivity index (χ3n) is 7.73. The number of carbonyl (C=O) groups is 4. The van der Waals surface area contributed by atoms with E-state index in [1.807, 2.05) is 51.1 Å². The van der Waals surface area contributed by atoms with Crippen LogP contribution in [0.1, 0.15) is 57.2 Å². The van der Waals surface area contributed by atoms with E-state index in [1.54, 1.807) is 26.0 Å². The maximum absolute atomic E-state index is 13.9. The van der Waals surface area contributed by atoms with Gasteiger partial charge in [-0.2, -0.15) is 4.31 Å². The van der Waals surface area contributed by atoms with Crippen molar-refractivity contribution in [2.75, 3.05) is 13.1 Å². The maximum atomic E-state index is 13.9. The summed E-state index contributed by atoms with van der Waals surface area (Å²) in [7, 11) is -4.18. The molecule has 0 spiro atoms. The molecule has 0 aliphatic carbocycles. The van der Waals surface area contributed by atoms with Crippen LogP contribution >= 0.6 is 0 Å². The van der Waals surface area contributed by atoms with Gasteiger partial charge in [-0.25, -0.2) is 8.42 Å². The van der Waals surface area contributed by atoms with Gasteiger partial charge in [0.15, 0.2) is 0 Å². The molecule has 4 atom stereocenters. The molecule has 0 bridgehead atoms. The fraction of sp³-hybridized carbons (Fsp3) is 0.500. The number of sulfonamides is 1. The molecule has 0 radical (unpaired) electrons. The highest BCUT2D eigenvalue weighted by Gasteiger charge is 2.34. The molecule has 1 saturated heterocycles. The number of amides is 4. The Labute approximate surface area is 260 Å². The summed E-state index contributed by atoms with van der Waals surface area (Å²) in [6.07, 6.45) is 0.834. The van der Waals surface area contributed by atoms with Gasteiger partial charge in [-0.15, -0.1) is 0 Å². The lowest BCUT2D eigenvalue weighted by molar-refractivity contribution is -0.133. The van der Waals surface area contributed by atoms with Crippen LogP contribution in [-0.2, 0) is 35.6 Å². The topological polar surface area (TPSA) is 154 Å². The van der Waals surface area contributed by atoms with Gasteiger partial charge in [-0.3, -0.25) is 19.2 Å². The Bertz CT molecular complexity index is 1450. The third-order valence-corrected chi connectivity index (χ3v) is 9.53. The first-order chi connectivity index (χ1) is 20.7. The highest BCUT2D eigenvalue weighted by Crippen LogP contribution is 2.20. The summed E-state index contributed by atoms with van der Waals surface area (Å²) in [5, 5.41) is 11.0. The summed E-state index contributed by atoms with van der Waals surface area (Å²) in [5.74, 6) is -2.28. The van der Waals surface area contributed by atoms with Gasteiger partial charge in [0.25, 0.3) is 0 Å². The van der Waals surface area contributed by atoms with Gasteiger partial charge in [0, 0.05) is 19.0 Å². The minimum Gasteiger partial charge on any atom is -0.350 e. The van der Waals surface area contributed by atoms with Crippen molar-refractivity contribution in [2.45, 2.75) is 89.9 Å². The Kier molecular flexibility index (Phi) is 12.1. The maximum Gasteiger partial charge on any atom is 0.243 e. The van der Waals surface area contributed by atoms with Gasteiger partial charge in [-0.05, 0) is 68.4 Å². The van der Waals surface area contributed by atoms with Crippen LogP contribution in [0.2, 0.25) is 0 Å². The van der Waals surface area contributed by atoms with Crippen LogP contribution < -0.4 is 21.3 Å². The van der Waals surface area contributed by atoms with Gasteiger partial charge in [0.1, 0.15) is 18.1 Å². The van der Waals surface area contributed by atoms with E-state index in [9.17, 15) is 27.6 Å². The first kappa shape index (κ1) is 34.7. The molecule has 0 saturated carbocycles. The van der Waals surface area contributed by atoms with Crippen LogP contribution in [0.15, 0.2) is 53.4 Å². The standard InChI is InChI=1S/C32H45N5O6S/c1-7-25-18-37(44(42,43)26-14-13-21(4)22(5)16-26)19-29(38)33-23(6)30(39)35-27(15-20(2)3)32(41)36-28(31(40)34-25)17-24-11-9-8-10-12-24/h8-14,16,20,23,25,27-28H,7,15,17-19H2,1-6H3,(H,33,38)(H,34,40)(H,35,39)(H,36,41)/t23-,25+,27+,28+/m1/s1. The smallest absolute Gasteiger partial charge is 0.243 e. The second kappa shape index (κ2) is 15.3. The Balaban J connectivity index is 2.04. The van der Waals surface area contributed by atoms with Crippen molar-refractivity contribution in [2.24, 2.45) is 5.92 Å². The van der Waals surface area contributed by atoms with Crippen molar-refractivity contribution in [3.8, 4) is 0 Å². The molecule has 44 heavy (non-hydrogen) atoms. The van der Waals surface area contributed by atoms with Crippen molar-refractivity contribution in [3.05, 3.63) is 65.2 Å². The molecule has 0 aromatic heterocycles. The lowest BCUT2D eigenvalue weighted by atomic mass is 10.0. The summed E-state index contributed by atoms with van der Waals surface area (Å²) in [6, 6.07) is 10.2. The Morgan fingerprint density at radius 3 is 2.09 bits per heavy atom. The van der Waals surface area contributed by atoms with Gasteiger partial charge in [-0.1, -0.05) is 57.2 Å². The molecule has 12 heteroatoms. The number of aryl methyl sites for hydroxylation is 2. The van der Waals surface area contributed by atoms with E-state index >= 15 is 0 Å². The fourth-order valence-electron chi connectivity index (χ4n) is 4.94. The molecule has 2 aromatic carbocycles. The summed E-state index contributed by atoms with van der Waals surface area (Å²) in [4.78, 5) is 53.5. The van der Waals surface area contributed by atoms with Crippen molar-refractivity contribution >= 4 is 33.7 Å². The van der Waals surface area contributed by atoms with E-state index in [1.165, 1.54) is 13.0 Å². The minimum absolute atomic E-state index is 0.0176. The number of hydrogen-bond donors (Lipinski definition) is 4. The molecule has 4 amide bonds. The van der Waals surface area contributed by atoms with E-state index in [-0.39, 0.29) is 23.8 Å². The molecule has 1 aliphatic rings. The van der Waals surface area contributed by atoms with Gasteiger partial charge in [0.2, 0.25) is 33.7 Å². The Morgan fingerprint density at radius 2 is 1.48 bits per heavy atom. The first-order valence-corrected chi connectivity index (χ1v) is 16.5. The second-order valence-electron chi connectivity index (χ2n) is 11.9. The summed E-state index contributed by atoms with van der Waals surface area (Å²) in [5.41, 5.74) is 2.50. The van der Waals surface area contributed by atoms with Gasteiger partial charge in [0.05, 0.1) is 11.4 Å². The van der Waals surface area contributed by atoms with Crippen molar-refractivity contribution in [1.82, 2.24) is 25.6 Å². The van der Waals surface area contributed by atoms with Crippen LogP contribution in [0.5, 0.6) is 0 Å². The molecule has 1 heterocycles. The highest BCUT2D eigenvalue weighted by molar-refractivity contribution is 7.89. The van der Waals surface area contributed by atoms with E-state index in [0.29, 0.717) is 12.8 Å². The molecule has 4 N–H and O–H groups in total. The fourth-order valence-corrected chi connectivity index (χ4v) is 6.47. The molecular weight excluding hydrogens is 582 g/mol. The molecule has 2 aromatic rings. The number of nitrogens with zero attached hydrogens (tertiary/aromatic N) is 1. The van der Waals surface area contributed by atoms with E-state index in [4.69, 9.17) is 0 Å². The molecule has 240 valence electrons. The minimum atomic E-state index is -4.18. The van der Waals surface area contributed by atoms with Crippen LogP contribution in [0.4, 0.5) is 0 Å². The predicted octanol–water partition coefficient (Wildman–Crippen LogP) is 1.97. The Hall–Kier alpha value is -3.77. The van der Waals surface area contributed by atoms with Crippen LogP contribution in [0.25, 0.3) is 0 Å². The van der Waals surface area contributed by atoms with Crippen molar-refractivity contribution in [3.63, 3.8) is 0 Å². The van der Waals surface area contributed by atoms with Crippen LogP contribution in [-0.4, -0.2) is 73.6 Å². The monoisotopic (exact) mass is 627 g/mol. The third kappa shape index (κ3) is 9.36. The summed E-state index contributed by atoms with van der Waals surface area (Å²) < 4.78 is 28.8. The van der Waals surface area contributed by atoms with E-state index in [2.05, 4.69) is 21.3 Å².